The fourth-order valence-electron chi connectivity index (χ4n) is 2.35. The Kier molecular flexibility index (Phi) is 6.69. The van der Waals surface area contributed by atoms with Gasteiger partial charge in [0.25, 0.3) is 5.91 Å². The van der Waals surface area contributed by atoms with Crippen molar-refractivity contribution in [1.29, 1.82) is 0 Å². The Balaban J connectivity index is 1.74. The maximum absolute atomic E-state index is 13.4. The van der Waals surface area contributed by atoms with Crippen LogP contribution in [0.25, 0.3) is 0 Å². The van der Waals surface area contributed by atoms with Crippen LogP contribution in [0.1, 0.15) is 34.8 Å². The van der Waals surface area contributed by atoms with E-state index >= 15 is 0 Å². The van der Waals surface area contributed by atoms with E-state index in [9.17, 15) is 14.0 Å². The van der Waals surface area contributed by atoms with Crippen molar-refractivity contribution in [2.75, 3.05) is 6.61 Å². The first-order chi connectivity index (χ1) is 12.0. The van der Waals surface area contributed by atoms with Crippen molar-refractivity contribution in [3.05, 3.63) is 71.0 Å². The van der Waals surface area contributed by atoms with E-state index in [4.69, 9.17) is 4.74 Å². The Labute approximate surface area is 147 Å². The number of benzene rings is 2. The molecule has 0 aliphatic rings. The normalized spacial score (nSPS) is 11.6. The van der Waals surface area contributed by atoms with Crippen LogP contribution in [-0.2, 0) is 16.0 Å². The molecule has 0 fully saturated rings. The molecule has 0 aliphatic heterocycles. The van der Waals surface area contributed by atoms with Crippen LogP contribution in [0.2, 0.25) is 0 Å². The molecule has 132 valence electrons. The lowest BCUT2D eigenvalue weighted by molar-refractivity contribution is -0.124. The number of carbonyl (C=O) groups excluding carboxylic acids is 2. The highest BCUT2D eigenvalue weighted by atomic mass is 19.1. The minimum atomic E-state index is -0.717. The molecule has 0 spiro atoms. The zero-order chi connectivity index (χ0) is 18.2. The molecule has 0 bridgehead atoms. The average molecular weight is 343 g/mol. The third-order valence-electron chi connectivity index (χ3n) is 3.86. The molecule has 2 aromatic carbocycles. The Bertz CT molecular complexity index is 731. The van der Waals surface area contributed by atoms with Crippen LogP contribution in [0.3, 0.4) is 0 Å². The molecule has 1 atom stereocenters. The number of halogens is 1. The van der Waals surface area contributed by atoms with Crippen molar-refractivity contribution < 1.29 is 18.7 Å². The molecule has 0 radical (unpaired) electrons. The van der Waals surface area contributed by atoms with Gasteiger partial charge >= 0.3 is 5.97 Å². The number of hydrogen-bond acceptors (Lipinski definition) is 3. The molecule has 4 nitrogen and oxygen atoms in total. The minimum Gasteiger partial charge on any atom is -0.452 e. The van der Waals surface area contributed by atoms with Gasteiger partial charge in [0.05, 0.1) is 5.56 Å². The lowest BCUT2D eigenvalue weighted by atomic mass is 10.1. The van der Waals surface area contributed by atoms with Crippen LogP contribution in [0, 0.1) is 12.7 Å². The summed E-state index contributed by atoms with van der Waals surface area (Å²) < 4.78 is 18.4. The first-order valence-electron chi connectivity index (χ1n) is 8.22. The molecular formula is C20H22FNO3. The van der Waals surface area contributed by atoms with Gasteiger partial charge in [-0.2, -0.15) is 0 Å². The van der Waals surface area contributed by atoms with Gasteiger partial charge in [0.2, 0.25) is 0 Å². The molecule has 25 heavy (non-hydrogen) atoms. The summed E-state index contributed by atoms with van der Waals surface area (Å²) in [6, 6.07) is 14.0. The standard InChI is InChI=1S/C20H22FNO3/c1-14-8-11-17(12-18(14)21)20(24)25-13-19(23)22-15(2)9-10-16-6-4-3-5-7-16/h3-8,11-12,15H,9-10,13H2,1-2H3,(H,22,23)/t15-/m0/s1. The topological polar surface area (TPSA) is 55.4 Å². The molecule has 2 rings (SSSR count). The molecule has 5 heteroatoms. The summed E-state index contributed by atoms with van der Waals surface area (Å²) >= 11 is 0. The largest absolute Gasteiger partial charge is 0.452 e. The SMILES string of the molecule is Cc1ccc(C(=O)OCC(=O)N[C@@H](C)CCc2ccccc2)cc1F. The third kappa shape index (κ3) is 6.03. The van der Waals surface area contributed by atoms with Crippen molar-refractivity contribution >= 4 is 11.9 Å². The van der Waals surface area contributed by atoms with Gasteiger partial charge in [-0.3, -0.25) is 4.79 Å². The number of rotatable bonds is 7. The summed E-state index contributed by atoms with van der Waals surface area (Å²) in [7, 11) is 0. The highest BCUT2D eigenvalue weighted by Crippen LogP contribution is 2.10. The van der Waals surface area contributed by atoms with Crippen LogP contribution in [0.4, 0.5) is 4.39 Å². The van der Waals surface area contributed by atoms with Gasteiger partial charge < -0.3 is 10.1 Å². The first-order valence-corrected chi connectivity index (χ1v) is 8.22. The highest BCUT2D eigenvalue weighted by Gasteiger charge is 2.13. The van der Waals surface area contributed by atoms with Crippen LogP contribution >= 0.6 is 0 Å². The van der Waals surface area contributed by atoms with E-state index in [2.05, 4.69) is 5.32 Å². The van der Waals surface area contributed by atoms with Crippen molar-refractivity contribution in [3.63, 3.8) is 0 Å². The van der Waals surface area contributed by atoms with Gasteiger partial charge in [-0.25, -0.2) is 9.18 Å². The fourth-order valence-corrected chi connectivity index (χ4v) is 2.35. The summed E-state index contributed by atoms with van der Waals surface area (Å²) in [6.45, 7) is 3.12. The third-order valence-corrected chi connectivity index (χ3v) is 3.86. The average Bonchev–Trinajstić information content (AvgIpc) is 2.61. The van der Waals surface area contributed by atoms with Gasteiger partial charge in [-0.1, -0.05) is 36.4 Å². The van der Waals surface area contributed by atoms with Crippen molar-refractivity contribution in [2.45, 2.75) is 32.7 Å². The molecule has 1 amide bonds. The van der Waals surface area contributed by atoms with Crippen LogP contribution < -0.4 is 5.32 Å². The van der Waals surface area contributed by atoms with Crippen molar-refractivity contribution in [1.82, 2.24) is 5.32 Å². The number of nitrogens with one attached hydrogen (secondary N) is 1. The van der Waals surface area contributed by atoms with Gasteiger partial charge in [-0.15, -0.1) is 0 Å². The zero-order valence-electron chi connectivity index (χ0n) is 14.4. The molecule has 0 saturated heterocycles. The first kappa shape index (κ1) is 18.6. The van der Waals surface area contributed by atoms with E-state index in [0.29, 0.717) is 5.56 Å². The number of hydrogen-bond donors (Lipinski definition) is 1. The second kappa shape index (κ2) is 8.97. The number of amides is 1. The number of aryl methyl sites for hydroxylation is 2. The van der Waals surface area contributed by atoms with E-state index in [0.717, 1.165) is 18.9 Å². The second-order valence-corrected chi connectivity index (χ2v) is 6.03. The Morgan fingerprint density at radius 2 is 1.88 bits per heavy atom. The lowest BCUT2D eigenvalue weighted by Crippen LogP contribution is -2.36. The summed E-state index contributed by atoms with van der Waals surface area (Å²) in [5.74, 6) is -1.57. The molecule has 0 aliphatic carbocycles. The molecular weight excluding hydrogens is 321 g/mol. The zero-order valence-corrected chi connectivity index (χ0v) is 14.4. The molecule has 1 N–H and O–H groups in total. The van der Waals surface area contributed by atoms with E-state index in [1.165, 1.54) is 17.7 Å². The van der Waals surface area contributed by atoms with Crippen LogP contribution in [0.15, 0.2) is 48.5 Å². The van der Waals surface area contributed by atoms with E-state index in [1.807, 2.05) is 37.3 Å². The van der Waals surface area contributed by atoms with E-state index < -0.39 is 11.8 Å². The molecule has 0 aromatic heterocycles. The van der Waals surface area contributed by atoms with Crippen molar-refractivity contribution in [2.24, 2.45) is 0 Å². The number of ether oxygens (including phenoxy) is 1. The van der Waals surface area contributed by atoms with Crippen LogP contribution in [0.5, 0.6) is 0 Å². The summed E-state index contributed by atoms with van der Waals surface area (Å²) in [5, 5.41) is 2.79. The predicted octanol–water partition coefficient (Wildman–Crippen LogP) is 3.43. The van der Waals surface area contributed by atoms with E-state index in [-0.39, 0.29) is 24.1 Å². The van der Waals surface area contributed by atoms with Crippen LogP contribution in [-0.4, -0.2) is 24.5 Å². The maximum Gasteiger partial charge on any atom is 0.338 e. The molecule has 0 saturated carbocycles. The number of carbonyl (C=O) groups is 2. The molecule has 0 unspecified atom stereocenters. The maximum atomic E-state index is 13.4. The molecule has 2 aromatic rings. The fraction of sp³-hybridized carbons (Fsp3) is 0.300. The van der Waals surface area contributed by atoms with Crippen molar-refractivity contribution in [3.8, 4) is 0 Å². The van der Waals surface area contributed by atoms with Gasteiger partial charge in [0.15, 0.2) is 6.61 Å². The van der Waals surface area contributed by atoms with Gasteiger partial charge in [0, 0.05) is 6.04 Å². The van der Waals surface area contributed by atoms with E-state index in [1.54, 1.807) is 6.92 Å². The Hall–Kier alpha value is -2.69. The monoisotopic (exact) mass is 343 g/mol. The Morgan fingerprint density at radius 3 is 2.56 bits per heavy atom. The summed E-state index contributed by atoms with van der Waals surface area (Å²) in [6.07, 6.45) is 1.64. The quantitative estimate of drug-likeness (QED) is 0.784. The molecule has 0 heterocycles. The second-order valence-electron chi connectivity index (χ2n) is 6.03. The highest BCUT2D eigenvalue weighted by molar-refractivity contribution is 5.91. The lowest BCUT2D eigenvalue weighted by Gasteiger charge is -2.14. The smallest absolute Gasteiger partial charge is 0.338 e. The Morgan fingerprint density at radius 1 is 1.16 bits per heavy atom. The van der Waals surface area contributed by atoms with Gasteiger partial charge in [-0.05, 0) is 49.9 Å². The summed E-state index contributed by atoms with van der Waals surface area (Å²) in [5.41, 5.74) is 1.74. The number of esters is 1. The summed E-state index contributed by atoms with van der Waals surface area (Å²) in [4.78, 5) is 23.7. The predicted molar refractivity (Wildman–Crippen MR) is 93.8 cm³/mol. The minimum absolute atomic E-state index is 0.0387. The van der Waals surface area contributed by atoms with Gasteiger partial charge in [0.1, 0.15) is 5.82 Å².